The number of hydrogen-bond donors (Lipinski definition) is 1. The van der Waals surface area contributed by atoms with Gasteiger partial charge in [-0.05, 0) is 23.3 Å². The molecule has 2 aromatic rings. The molecule has 1 amide bonds. The zero-order chi connectivity index (χ0) is 20.6. The smallest absolute Gasteiger partial charge is 0.407 e. The highest BCUT2D eigenvalue weighted by atomic mass is 32.2. The largest absolute Gasteiger partial charge is 0.469 e. The summed E-state index contributed by atoms with van der Waals surface area (Å²) >= 11 is 0. The number of carbonyl (C=O) groups excluding carboxylic acids is 2. The first kappa shape index (κ1) is 21.2. The van der Waals surface area contributed by atoms with Crippen LogP contribution in [0.4, 0.5) is 4.79 Å². The van der Waals surface area contributed by atoms with E-state index >= 15 is 0 Å². The summed E-state index contributed by atoms with van der Waals surface area (Å²) in [5, 5.41) is 2.62. The normalized spacial score (nSPS) is 11.9. The van der Waals surface area contributed by atoms with E-state index in [0.29, 0.717) is 5.56 Å². The SMILES string of the molecule is COC(=O)CC(NC(=O)OCc1ccccc1)c1ccc(OS(C)(=O)=O)cc1. The summed E-state index contributed by atoms with van der Waals surface area (Å²) in [5.74, 6) is -0.403. The number of ether oxygens (including phenoxy) is 2. The second-order valence-electron chi connectivity index (χ2n) is 5.90. The molecule has 2 rings (SSSR count). The van der Waals surface area contributed by atoms with Gasteiger partial charge in [-0.15, -0.1) is 0 Å². The fourth-order valence-corrected chi connectivity index (χ4v) is 2.80. The lowest BCUT2D eigenvalue weighted by Crippen LogP contribution is -2.31. The van der Waals surface area contributed by atoms with Gasteiger partial charge in [0.1, 0.15) is 12.4 Å². The number of nitrogens with one attached hydrogen (secondary N) is 1. The van der Waals surface area contributed by atoms with E-state index in [2.05, 4.69) is 10.1 Å². The number of alkyl carbamates (subject to hydrolysis) is 1. The molecule has 0 spiro atoms. The third kappa shape index (κ3) is 7.28. The minimum absolute atomic E-state index is 0.0821. The Morgan fingerprint density at radius 3 is 2.25 bits per heavy atom. The lowest BCUT2D eigenvalue weighted by atomic mass is 10.0. The lowest BCUT2D eigenvalue weighted by Gasteiger charge is -2.18. The molecule has 0 fully saturated rings. The fourth-order valence-electron chi connectivity index (χ4n) is 2.34. The molecule has 2 aromatic carbocycles. The Kier molecular flexibility index (Phi) is 7.39. The van der Waals surface area contributed by atoms with Crippen LogP contribution in [0.15, 0.2) is 54.6 Å². The van der Waals surface area contributed by atoms with Crippen molar-refractivity contribution >= 4 is 22.2 Å². The zero-order valence-corrected chi connectivity index (χ0v) is 16.3. The Morgan fingerprint density at radius 1 is 1.04 bits per heavy atom. The van der Waals surface area contributed by atoms with Crippen LogP contribution in [0.5, 0.6) is 5.75 Å². The van der Waals surface area contributed by atoms with E-state index in [1.165, 1.54) is 19.2 Å². The summed E-state index contributed by atoms with van der Waals surface area (Å²) in [5.41, 5.74) is 1.38. The maximum atomic E-state index is 12.1. The van der Waals surface area contributed by atoms with Crippen molar-refractivity contribution in [2.75, 3.05) is 13.4 Å². The van der Waals surface area contributed by atoms with Gasteiger partial charge in [0.25, 0.3) is 0 Å². The number of benzene rings is 2. The molecule has 28 heavy (non-hydrogen) atoms. The Hall–Kier alpha value is -3.07. The highest BCUT2D eigenvalue weighted by molar-refractivity contribution is 7.86. The fraction of sp³-hybridized carbons (Fsp3) is 0.263. The van der Waals surface area contributed by atoms with E-state index in [-0.39, 0.29) is 18.8 Å². The van der Waals surface area contributed by atoms with Gasteiger partial charge in [-0.1, -0.05) is 42.5 Å². The molecular weight excluding hydrogens is 386 g/mol. The molecule has 0 heterocycles. The van der Waals surface area contributed by atoms with Gasteiger partial charge in [0.15, 0.2) is 0 Å². The average Bonchev–Trinajstić information content (AvgIpc) is 2.66. The number of methoxy groups -OCH3 is 1. The lowest BCUT2D eigenvalue weighted by molar-refractivity contribution is -0.141. The molecule has 0 saturated carbocycles. The van der Waals surface area contributed by atoms with Crippen molar-refractivity contribution in [1.82, 2.24) is 5.32 Å². The molecule has 0 aliphatic carbocycles. The second-order valence-corrected chi connectivity index (χ2v) is 7.47. The van der Waals surface area contributed by atoms with Gasteiger partial charge in [0, 0.05) is 0 Å². The molecule has 9 heteroatoms. The third-order valence-corrected chi connectivity index (χ3v) is 4.13. The number of amides is 1. The van der Waals surface area contributed by atoms with Crippen molar-refractivity contribution in [2.45, 2.75) is 19.1 Å². The first-order chi connectivity index (χ1) is 13.3. The van der Waals surface area contributed by atoms with E-state index in [0.717, 1.165) is 11.8 Å². The molecular formula is C19H21NO7S. The maximum absolute atomic E-state index is 12.1. The van der Waals surface area contributed by atoms with Crippen LogP contribution < -0.4 is 9.50 Å². The summed E-state index contributed by atoms with van der Waals surface area (Å²) in [4.78, 5) is 23.8. The summed E-state index contributed by atoms with van der Waals surface area (Å²) in [7, 11) is -2.40. The summed E-state index contributed by atoms with van der Waals surface area (Å²) in [6.07, 6.45) is 0.114. The van der Waals surface area contributed by atoms with Gasteiger partial charge in [-0.3, -0.25) is 4.79 Å². The molecule has 0 bridgehead atoms. The van der Waals surface area contributed by atoms with Crippen LogP contribution in [-0.2, 0) is 31.0 Å². The number of carbonyl (C=O) groups is 2. The predicted molar refractivity (Wildman–Crippen MR) is 101 cm³/mol. The van der Waals surface area contributed by atoms with Crippen LogP contribution in [0.3, 0.4) is 0 Å². The van der Waals surface area contributed by atoms with Crippen LogP contribution in [-0.4, -0.2) is 33.8 Å². The highest BCUT2D eigenvalue weighted by Crippen LogP contribution is 2.22. The van der Waals surface area contributed by atoms with Gasteiger partial charge in [0.05, 0.1) is 25.8 Å². The summed E-state index contributed by atoms with van der Waals surface area (Å²) in [6.45, 7) is 0.0821. The summed E-state index contributed by atoms with van der Waals surface area (Å²) in [6, 6.07) is 14.4. The van der Waals surface area contributed by atoms with Crippen molar-refractivity contribution in [1.29, 1.82) is 0 Å². The molecule has 0 aliphatic heterocycles. The van der Waals surface area contributed by atoms with Crippen molar-refractivity contribution in [3.05, 3.63) is 65.7 Å². The van der Waals surface area contributed by atoms with Gasteiger partial charge in [-0.2, -0.15) is 8.42 Å². The van der Waals surface area contributed by atoms with Crippen LogP contribution in [0, 0.1) is 0 Å². The molecule has 1 unspecified atom stereocenters. The number of rotatable bonds is 8. The van der Waals surface area contributed by atoms with Gasteiger partial charge >= 0.3 is 22.2 Å². The van der Waals surface area contributed by atoms with E-state index in [4.69, 9.17) is 8.92 Å². The molecule has 0 aromatic heterocycles. The number of hydrogen-bond acceptors (Lipinski definition) is 7. The monoisotopic (exact) mass is 407 g/mol. The number of esters is 1. The highest BCUT2D eigenvalue weighted by Gasteiger charge is 2.20. The Balaban J connectivity index is 2.06. The Morgan fingerprint density at radius 2 is 1.68 bits per heavy atom. The van der Waals surface area contributed by atoms with E-state index in [9.17, 15) is 18.0 Å². The van der Waals surface area contributed by atoms with Crippen LogP contribution in [0.2, 0.25) is 0 Å². The molecule has 150 valence electrons. The topological polar surface area (TPSA) is 108 Å². The van der Waals surface area contributed by atoms with E-state index < -0.39 is 28.2 Å². The van der Waals surface area contributed by atoms with Crippen LogP contribution in [0.1, 0.15) is 23.6 Å². The Bertz CT molecular complexity index is 896. The van der Waals surface area contributed by atoms with Crippen molar-refractivity contribution in [3.8, 4) is 5.75 Å². The minimum atomic E-state index is -3.65. The quantitative estimate of drug-likeness (QED) is 0.529. The zero-order valence-electron chi connectivity index (χ0n) is 15.5. The van der Waals surface area contributed by atoms with E-state index in [1.54, 1.807) is 12.1 Å². The molecule has 0 aliphatic rings. The third-order valence-electron chi connectivity index (χ3n) is 3.63. The average molecular weight is 407 g/mol. The standard InChI is InChI=1S/C19H21NO7S/c1-25-18(21)12-17(15-8-10-16(11-9-15)27-28(2,23)24)20-19(22)26-13-14-6-4-3-5-7-14/h3-11,17H,12-13H2,1-2H3,(H,20,22). The van der Waals surface area contributed by atoms with Crippen molar-refractivity contribution < 1.29 is 31.7 Å². The molecule has 0 radical (unpaired) electrons. The van der Waals surface area contributed by atoms with Crippen molar-refractivity contribution in [2.24, 2.45) is 0 Å². The maximum Gasteiger partial charge on any atom is 0.407 e. The first-order valence-corrected chi connectivity index (χ1v) is 10.1. The molecule has 8 nitrogen and oxygen atoms in total. The molecule has 1 atom stereocenters. The summed E-state index contributed by atoms with van der Waals surface area (Å²) < 4.78 is 37.0. The minimum Gasteiger partial charge on any atom is -0.469 e. The second kappa shape index (κ2) is 9.75. The Labute approximate surface area is 163 Å². The van der Waals surface area contributed by atoms with Gasteiger partial charge in [-0.25, -0.2) is 4.79 Å². The van der Waals surface area contributed by atoms with Gasteiger partial charge < -0.3 is 19.0 Å². The van der Waals surface area contributed by atoms with Crippen LogP contribution in [0.25, 0.3) is 0 Å². The predicted octanol–water partition coefficient (Wildman–Crippen LogP) is 2.56. The first-order valence-electron chi connectivity index (χ1n) is 8.30. The molecule has 1 N–H and O–H groups in total. The van der Waals surface area contributed by atoms with E-state index in [1.807, 2.05) is 30.3 Å². The van der Waals surface area contributed by atoms with Gasteiger partial charge in [0.2, 0.25) is 0 Å². The van der Waals surface area contributed by atoms with Crippen LogP contribution >= 0.6 is 0 Å². The van der Waals surface area contributed by atoms with Crippen molar-refractivity contribution in [3.63, 3.8) is 0 Å². The molecule has 0 saturated heterocycles.